The number of non-ortho nitro benzene ring substituents is 1. The van der Waals surface area contributed by atoms with Gasteiger partial charge in [0.25, 0.3) is 5.69 Å². The molecule has 0 N–H and O–H groups in total. The average Bonchev–Trinajstić information content (AvgIpc) is 2.53. The summed E-state index contributed by atoms with van der Waals surface area (Å²) in [4.78, 5) is 10.7. The summed E-state index contributed by atoms with van der Waals surface area (Å²) in [5.41, 5.74) is 1.74. The van der Waals surface area contributed by atoms with E-state index in [1.807, 2.05) is 30.3 Å². The van der Waals surface area contributed by atoms with Gasteiger partial charge in [0, 0.05) is 24.7 Å². The van der Waals surface area contributed by atoms with Crippen LogP contribution in [0, 0.1) is 10.1 Å². The summed E-state index contributed by atoms with van der Waals surface area (Å²) < 4.78 is 0. The van der Waals surface area contributed by atoms with Gasteiger partial charge < -0.3 is 0 Å². The number of benzene rings is 2. The summed E-state index contributed by atoms with van der Waals surface area (Å²) >= 11 is 5.34. The van der Waals surface area contributed by atoms with Crippen LogP contribution in [0.2, 0.25) is 0 Å². The summed E-state index contributed by atoms with van der Waals surface area (Å²) in [6.45, 7) is 0. The van der Waals surface area contributed by atoms with Gasteiger partial charge >= 0.3 is 0 Å². The Kier molecular flexibility index (Phi) is 4.73. The molecule has 0 heterocycles. The smallest absolute Gasteiger partial charge is 0.258 e. The number of hydrogen-bond acceptors (Lipinski definition) is 4. The minimum absolute atomic E-state index is 0.0558. The van der Waals surface area contributed by atoms with Crippen LogP contribution in [-0.4, -0.2) is 28.2 Å². The van der Waals surface area contributed by atoms with Crippen molar-refractivity contribution in [1.82, 2.24) is 5.01 Å². The summed E-state index contributed by atoms with van der Waals surface area (Å²) in [7, 11) is 1.76. The molecule has 5 nitrogen and oxygen atoms in total. The van der Waals surface area contributed by atoms with Crippen LogP contribution in [0.4, 0.5) is 5.69 Å². The monoisotopic (exact) mass is 299 g/mol. The Balaban J connectivity index is 2.06. The zero-order valence-corrected chi connectivity index (χ0v) is 12.2. The van der Waals surface area contributed by atoms with E-state index < -0.39 is 4.92 Å². The maximum absolute atomic E-state index is 10.6. The number of nitro groups is 1. The minimum Gasteiger partial charge on any atom is -0.258 e. The average molecular weight is 299 g/mol. The van der Waals surface area contributed by atoms with Crippen molar-refractivity contribution in [2.24, 2.45) is 5.10 Å². The lowest BCUT2D eigenvalue weighted by Gasteiger charge is -2.13. The second-order valence-electron chi connectivity index (χ2n) is 4.29. The van der Waals surface area contributed by atoms with Crippen LogP contribution in [-0.2, 0) is 0 Å². The highest BCUT2D eigenvalue weighted by atomic mass is 32.1. The van der Waals surface area contributed by atoms with Crippen molar-refractivity contribution in [1.29, 1.82) is 0 Å². The third-order valence-corrected chi connectivity index (χ3v) is 3.30. The van der Waals surface area contributed by atoms with E-state index in [-0.39, 0.29) is 5.69 Å². The number of rotatable bonds is 4. The van der Waals surface area contributed by atoms with Gasteiger partial charge in [-0.15, -0.1) is 0 Å². The molecule has 0 aliphatic heterocycles. The molecule has 0 aromatic heterocycles. The molecule has 2 rings (SSSR count). The molecule has 0 unspecified atom stereocenters. The number of nitrogens with zero attached hydrogens (tertiary/aromatic N) is 3. The third kappa shape index (κ3) is 3.93. The van der Waals surface area contributed by atoms with Crippen molar-refractivity contribution in [3.63, 3.8) is 0 Å². The summed E-state index contributed by atoms with van der Waals surface area (Å²) in [5, 5.41) is 16.4. The Labute approximate surface area is 127 Å². The van der Waals surface area contributed by atoms with Crippen molar-refractivity contribution in [3.05, 3.63) is 75.8 Å². The highest BCUT2D eigenvalue weighted by Crippen LogP contribution is 2.11. The van der Waals surface area contributed by atoms with Crippen molar-refractivity contribution < 1.29 is 4.92 Å². The quantitative estimate of drug-likeness (QED) is 0.376. The van der Waals surface area contributed by atoms with E-state index in [4.69, 9.17) is 12.2 Å². The Morgan fingerprint density at radius 1 is 1.19 bits per heavy atom. The largest absolute Gasteiger partial charge is 0.269 e. The van der Waals surface area contributed by atoms with E-state index in [2.05, 4.69) is 5.10 Å². The van der Waals surface area contributed by atoms with Crippen LogP contribution in [0.5, 0.6) is 0 Å². The first-order valence-electron chi connectivity index (χ1n) is 6.19. The molecular weight excluding hydrogens is 286 g/mol. The molecular formula is C15H13N3O2S. The van der Waals surface area contributed by atoms with Gasteiger partial charge in [-0.2, -0.15) is 5.10 Å². The van der Waals surface area contributed by atoms with Crippen LogP contribution in [0.3, 0.4) is 0 Å². The molecule has 21 heavy (non-hydrogen) atoms. The number of hydrazone groups is 1. The third-order valence-electron chi connectivity index (χ3n) is 2.80. The fourth-order valence-electron chi connectivity index (χ4n) is 1.66. The normalized spacial score (nSPS) is 10.5. The van der Waals surface area contributed by atoms with E-state index in [9.17, 15) is 10.1 Å². The molecule has 0 saturated carbocycles. The van der Waals surface area contributed by atoms with E-state index in [0.29, 0.717) is 4.99 Å². The molecule has 2 aromatic carbocycles. The van der Waals surface area contributed by atoms with E-state index in [1.54, 1.807) is 30.4 Å². The first kappa shape index (κ1) is 14.8. The lowest BCUT2D eigenvalue weighted by Crippen LogP contribution is -2.20. The molecule has 0 fully saturated rings. The molecule has 6 heteroatoms. The van der Waals surface area contributed by atoms with E-state index in [0.717, 1.165) is 11.1 Å². The van der Waals surface area contributed by atoms with Gasteiger partial charge in [0.15, 0.2) is 0 Å². The van der Waals surface area contributed by atoms with Gasteiger partial charge in [-0.1, -0.05) is 42.5 Å². The van der Waals surface area contributed by atoms with Crippen molar-refractivity contribution >= 4 is 29.1 Å². The van der Waals surface area contributed by atoms with Crippen LogP contribution in [0.25, 0.3) is 0 Å². The standard InChI is InChI=1S/C15H13N3O2S/c1-17(15(21)13-5-3-2-4-6-13)16-11-12-7-9-14(10-8-12)18(19)20/h2-11H,1H3. The Morgan fingerprint density at radius 2 is 1.81 bits per heavy atom. The predicted octanol–water partition coefficient (Wildman–Crippen LogP) is 3.24. The number of hydrogen-bond donors (Lipinski definition) is 0. The Bertz CT molecular complexity index is 669. The van der Waals surface area contributed by atoms with Crippen LogP contribution >= 0.6 is 12.2 Å². The molecule has 0 aliphatic rings. The second kappa shape index (κ2) is 6.71. The summed E-state index contributed by atoms with van der Waals surface area (Å²) in [6, 6.07) is 15.7. The van der Waals surface area contributed by atoms with Gasteiger partial charge in [-0.3, -0.25) is 15.1 Å². The zero-order valence-electron chi connectivity index (χ0n) is 11.3. The van der Waals surface area contributed by atoms with E-state index in [1.165, 1.54) is 12.1 Å². The Hall–Kier alpha value is -2.60. The molecule has 0 atom stereocenters. The lowest BCUT2D eigenvalue weighted by atomic mass is 10.2. The highest BCUT2D eigenvalue weighted by Gasteiger charge is 2.05. The van der Waals surface area contributed by atoms with Crippen molar-refractivity contribution in [2.75, 3.05) is 7.05 Å². The fraction of sp³-hybridized carbons (Fsp3) is 0.0667. The molecule has 0 spiro atoms. The van der Waals surface area contributed by atoms with Gasteiger partial charge in [0.2, 0.25) is 0 Å². The topological polar surface area (TPSA) is 58.7 Å². The van der Waals surface area contributed by atoms with Gasteiger partial charge in [-0.25, -0.2) is 0 Å². The van der Waals surface area contributed by atoms with Gasteiger partial charge in [0.1, 0.15) is 4.99 Å². The van der Waals surface area contributed by atoms with Crippen molar-refractivity contribution in [2.45, 2.75) is 0 Å². The molecule has 0 aliphatic carbocycles. The molecule has 106 valence electrons. The van der Waals surface area contributed by atoms with Crippen LogP contribution in [0.1, 0.15) is 11.1 Å². The molecule has 2 aromatic rings. The molecule has 0 radical (unpaired) electrons. The summed E-state index contributed by atoms with van der Waals surface area (Å²) in [5.74, 6) is 0. The first-order valence-corrected chi connectivity index (χ1v) is 6.60. The first-order chi connectivity index (χ1) is 10.1. The zero-order chi connectivity index (χ0) is 15.2. The number of nitro benzene ring substituents is 1. The van der Waals surface area contributed by atoms with Crippen molar-refractivity contribution in [3.8, 4) is 0 Å². The molecule has 0 saturated heterocycles. The number of thiocarbonyl (C=S) groups is 1. The Morgan fingerprint density at radius 3 is 2.38 bits per heavy atom. The maximum atomic E-state index is 10.6. The lowest BCUT2D eigenvalue weighted by molar-refractivity contribution is -0.384. The molecule has 0 amide bonds. The highest BCUT2D eigenvalue weighted by molar-refractivity contribution is 7.80. The van der Waals surface area contributed by atoms with Crippen LogP contribution < -0.4 is 0 Å². The maximum Gasteiger partial charge on any atom is 0.269 e. The predicted molar refractivity (Wildman–Crippen MR) is 86.6 cm³/mol. The van der Waals surface area contributed by atoms with E-state index >= 15 is 0 Å². The molecule has 0 bridgehead atoms. The fourth-order valence-corrected chi connectivity index (χ4v) is 1.84. The van der Waals surface area contributed by atoms with Gasteiger partial charge in [-0.05, 0) is 17.7 Å². The van der Waals surface area contributed by atoms with Gasteiger partial charge in [0.05, 0.1) is 11.1 Å². The second-order valence-corrected chi connectivity index (χ2v) is 4.67. The summed E-state index contributed by atoms with van der Waals surface area (Å²) in [6.07, 6.45) is 1.61. The SMILES string of the molecule is CN(N=Cc1ccc([N+](=O)[O-])cc1)C(=S)c1ccccc1. The van der Waals surface area contributed by atoms with Crippen LogP contribution in [0.15, 0.2) is 59.7 Å². The minimum atomic E-state index is -0.433.